The second kappa shape index (κ2) is 2.44. The lowest BCUT2D eigenvalue weighted by molar-refractivity contribution is 0.133. The maximum atomic E-state index is 5.85. The Labute approximate surface area is 92.8 Å². The first kappa shape index (κ1) is 8.66. The summed E-state index contributed by atoms with van der Waals surface area (Å²) in [7, 11) is 0.321. The van der Waals surface area contributed by atoms with Crippen molar-refractivity contribution in [2.45, 2.75) is 48.6 Å². The number of nitrogens with zero attached hydrogens (tertiary/aromatic N) is 1. The SMILES string of the molecule is S=S1C2CCCC23CCN2CCCC213. The van der Waals surface area contributed by atoms with Crippen LogP contribution in [-0.4, -0.2) is 28.1 Å². The molecule has 0 aromatic carbocycles. The lowest BCUT2D eigenvalue weighted by Gasteiger charge is -2.60. The van der Waals surface area contributed by atoms with Gasteiger partial charge in [0.05, 0.1) is 4.87 Å². The summed E-state index contributed by atoms with van der Waals surface area (Å²) in [6, 6.07) is 0. The highest BCUT2D eigenvalue weighted by atomic mass is 32.8. The normalized spacial score (nSPS) is 60.6. The number of hydrogen-bond donors (Lipinski definition) is 0. The van der Waals surface area contributed by atoms with Crippen molar-refractivity contribution in [3.8, 4) is 0 Å². The Morgan fingerprint density at radius 1 is 1.14 bits per heavy atom. The molecule has 2 spiro atoms. The molecule has 0 aromatic rings. The standard InChI is InChI=1S/C11H17NS2/c13-14-9-3-1-4-10(9)6-8-12-7-2-5-11(10,12)14/h9H,1-8H2. The molecule has 3 aliphatic heterocycles. The van der Waals surface area contributed by atoms with Crippen LogP contribution in [0.5, 0.6) is 0 Å². The van der Waals surface area contributed by atoms with Crippen LogP contribution in [0.2, 0.25) is 0 Å². The second-order valence-corrected chi connectivity index (χ2v) is 8.38. The Bertz CT molecular complexity index is 329. The summed E-state index contributed by atoms with van der Waals surface area (Å²) in [6.07, 6.45) is 8.79. The Morgan fingerprint density at radius 2 is 2.07 bits per heavy atom. The van der Waals surface area contributed by atoms with Gasteiger partial charge in [-0.2, -0.15) is 0 Å². The first-order chi connectivity index (χ1) is 6.81. The summed E-state index contributed by atoms with van der Waals surface area (Å²) in [5.74, 6) is 0. The van der Waals surface area contributed by atoms with Crippen LogP contribution in [0.1, 0.15) is 38.5 Å². The van der Waals surface area contributed by atoms with Crippen LogP contribution in [0.25, 0.3) is 0 Å². The molecule has 1 aliphatic carbocycles. The van der Waals surface area contributed by atoms with E-state index in [0.29, 0.717) is 14.3 Å². The summed E-state index contributed by atoms with van der Waals surface area (Å²) in [5.41, 5.74) is 0.731. The summed E-state index contributed by atoms with van der Waals surface area (Å²) in [6.45, 7) is 2.73. The van der Waals surface area contributed by atoms with Crippen LogP contribution in [0.15, 0.2) is 0 Å². The van der Waals surface area contributed by atoms with Crippen molar-refractivity contribution in [2.24, 2.45) is 5.41 Å². The molecule has 3 heteroatoms. The van der Waals surface area contributed by atoms with E-state index in [1.54, 1.807) is 0 Å². The van der Waals surface area contributed by atoms with E-state index in [9.17, 15) is 0 Å². The van der Waals surface area contributed by atoms with Crippen molar-refractivity contribution in [1.82, 2.24) is 4.90 Å². The third-order valence-electron chi connectivity index (χ3n) is 5.36. The van der Waals surface area contributed by atoms with Gasteiger partial charge in [-0.05, 0) is 49.8 Å². The zero-order chi connectivity index (χ0) is 9.39. The van der Waals surface area contributed by atoms with Gasteiger partial charge in [0.1, 0.15) is 0 Å². The lowest BCUT2D eigenvalue weighted by Crippen LogP contribution is -2.68. The molecule has 1 saturated carbocycles. The van der Waals surface area contributed by atoms with E-state index < -0.39 is 0 Å². The first-order valence-corrected chi connectivity index (χ1v) is 8.18. The monoisotopic (exact) mass is 227 g/mol. The Balaban J connectivity index is 1.88. The molecule has 4 fully saturated rings. The summed E-state index contributed by atoms with van der Waals surface area (Å²) >= 11 is 5.85. The van der Waals surface area contributed by atoms with Crippen LogP contribution in [0, 0.1) is 5.41 Å². The van der Waals surface area contributed by atoms with Crippen molar-refractivity contribution in [2.75, 3.05) is 13.1 Å². The summed E-state index contributed by atoms with van der Waals surface area (Å²) in [5, 5.41) is 0.959. The van der Waals surface area contributed by atoms with Crippen molar-refractivity contribution in [1.29, 1.82) is 0 Å². The molecule has 0 bridgehead atoms. The lowest BCUT2D eigenvalue weighted by atomic mass is 9.75. The second-order valence-electron chi connectivity index (χ2n) is 5.46. The molecule has 0 radical (unpaired) electrons. The Morgan fingerprint density at radius 3 is 3.00 bits per heavy atom. The van der Waals surface area contributed by atoms with Gasteiger partial charge in [-0.25, -0.2) is 0 Å². The van der Waals surface area contributed by atoms with E-state index in [1.807, 2.05) is 0 Å². The van der Waals surface area contributed by atoms with Crippen molar-refractivity contribution in [3.63, 3.8) is 0 Å². The molecular weight excluding hydrogens is 210 g/mol. The van der Waals surface area contributed by atoms with E-state index in [1.165, 1.54) is 51.6 Å². The quantitative estimate of drug-likeness (QED) is 0.621. The summed E-state index contributed by atoms with van der Waals surface area (Å²) < 4.78 is 0. The minimum Gasteiger partial charge on any atom is -0.288 e. The number of rotatable bonds is 0. The maximum absolute atomic E-state index is 5.85. The molecule has 4 rings (SSSR count). The zero-order valence-corrected chi connectivity index (χ0v) is 10.1. The van der Waals surface area contributed by atoms with Gasteiger partial charge >= 0.3 is 0 Å². The molecule has 0 aromatic heterocycles. The fraction of sp³-hybridized carbons (Fsp3) is 1.00. The molecule has 4 aliphatic rings. The van der Waals surface area contributed by atoms with Gasteiger partial charge in [-0.1, -0.05) is 15.9 Å². The topological polar surface area (TPSA) is 3.24 Å². The van der Waals surface area contributed by atoms with Gasteiger partial charge in [0.25, 0.3) is 0 Å². The highest BCUT2D eigenvalue weighted by Gasteiger charge is 2.75. The highest BCUT2D eigenvalue weighted by molar-refractivity contribution is 8.30. The van der Waals surface area contributed by atoms with Gasteiger partial charge in [0, 0.05) is 17.2 Å². The Hall–Kier alpha value is 0.530. The van der Waals surface area contributed by atoms with Crippen molar-refractivity contribution < 1.29 is 0 Å². The molecule has 1 nitrogen and oxygen atoms in total. The van der Waals surface area contributed by atoms with E-state index in [4.69, 9.17) is 11.2 Å². The third kappa shape index (κ3) is 0.627. The van der Waals surface area contributed by atoms with Crippen LogP contribution in [0.3, 0.4) is 0 Å². The predicted molar refractivity (Wildman–Crippen MR) is 63.0 cm³/mol. The molecule has 78 valence electrons. The van der Waals surface area contributed by atoms with E-state index in [2.05, 4.69) is 4.90 Å². The molecule has 4 atom stereocenters. The predicted octanol–water partition coefficient (Wildman–Crippen LogP) is 1.81. The molecular formula is C11H17NS2. The van der Waals surface area contributed by atoms with E-state index >= 15 is 0 Å². The molecule has 0 N–H and O–H groups in total. The molecule has 3 heterocycles. The van der Waals surface area contributed by atoms with Gasteiger partial charge < -0.3 is 0 Å². The van der Waals surface area contributed by atoms with Crippen LogP contribution in [-0.2, 0) is 20.6 Å². The average molecular weight is 227 g/mol. The van der Waals surface area contributed by atoms with Crippen LogP contribution in [0.4, 0.5) is 0 Å². The van der Waals surface area contributed by atoms with Crippen LogP contribution < -0.4 is 0 Å². The largest absolute Gasteiger partial charge is 0.288 e. The third-order valence-corrected chi connectivity index (χ3v) is 9.62. The number of hydrogen-bond acceptors (Lipinski definition) is 2. The fourth-order valence-corrected chi connectivity index (χ4v) is 9.87. The molecule has 3 saturated heterocycles. The van der Waals surface area contributed by atoms with Crippen LogP contribution >= 0.6 is 0 Å². The highest BCUT2D eigenvalue weighted by Crippen LogP contribution is 2.70. The zero-order valence-electron chi connectivity index (χ0n) is 8.50. The minimum absolute atomic E-state index is 0.321. The van der Waals surface area contributed by atoms with Gasteiger partial charge in [0.2, 0.25) is 0 Å². The van der Waals surface area contributed by atoms with Crippen molar-refractivity contribution in [3.05, 3.63) is 0 Å². The molecule has 0 amide bonds. The summed E-state index contributed by atoms with van der Waals surface area (Å²) in [4.78, 5) is 3.34. The van der Waals surface area contributed by atoms with E-state index in [0.717, 1.165) is 10.7 Å². The van der Waals surface area contributed by atoms with E-state index in [-0.39, 0.29) is 0 Å². The Kier molecular flexibility index (Phi) is 1.51. The smallest absolute Gasteiger partial charge is 0.0786 e. The fourth-order valence-electron chi connectivity index (χ4n) is 4.92. The van der Waals surface area contributed by atoms with Gasteiger partial charge in [0.15, 0.2) is 0 Å². The first-order valence-electron chi connectivity index (χ1n) is 5.97. The van der Waals surface area contributed by atoms with Gasteiger partial charge in [-0.15, -0.1) is 0 Å². The van der Waals surface area contributed by atoms with Crippen molar-refractivity contribution >= 4 is 20.6 Å². The average Bonchev–Trinajstić information content (AvgIpc) is 2.84. The molecule has 4 unspecified atom stereocenters. The maximum Gasteiger partial charge on any atom is 0.0786 e. The molecule has 14 heavy (non-hydrogen) atoms. The minimum atomic E-state index is 0.321. The van der Waals surface area contributed by atoms with Gasteiger partial charge in [-0.3, -0.25) is 4.90 Å².